The number of carbonyl (C=O) groups excluding carboxylic acids is 3. The summed E-state index contributed by atoms with van der Waals surface area (Å²) in [5.41, 5.74) is 7.18. The van der Waals surface area contributed by atoms with Crippen molar-refractivity contribution in [1.29, 1.82) is 0 Å². The third kappa shape index (κ3) is 7.52. The van der Waals surface area contributed by atoms with E-state index in [0.29, 0.717) is 17.7 Å². The normalized spacial score (nSPS) is 17.3. The number of phenols is 1. The van der Waals surface area contributed by atoms with E-state index in [1.165, 1.54) is 24.7 Å². The van der Waals surface area contributed by atoms with Gasteiger partial charge in [0.1, 0.15) is 23.9 Å². The van der Waals surface area contributed by atoms with Crippen molar-refractivity contribution < 1.29 is 39.3 Å². The summed E-state index contributed by atoms with van der Waals surface area (Å²) in [6, 6.07) is 1.11. The number of carbonyl (C=O) groups is 5. The molecule has 0 spiro atoms. The van der Waals surface area contributed by atoms with Crippen LogP contribution in [0.4, 0.5) is 0 Å². The lowest BCUT2D eigenvalue weighted by Gasteiger charge is -2.28. The maximum Gasteiger partial charge on any atom is 0.326 e. The standard InChI is InChI=1S/C24H30N6O8/c25-16(8-13-3-5-15(31)6-4-13)21(34)28-17(9-14-11-26-12-27-14)22(35)29-18(10-20(32)33)23(36)30-7-1-2-19(30)24(37)38/h3-6,11-12,16-19,31H,1-2,7-10,25H2,(H,26,27)(H,28,34)(H,29,35)(H,32,33)(H,37,38). The first kappa shape index (κ1) is 28.1. The van der Waals surface area contributed by atoms with Gasteiger partial charge in [-0.15, -0.1) is 0 Å². The number of phenolic OH excluding ortho intramolecular Hbond substituents is 1. The predicted molar refractivity (Wildman–Crippen MR) is 131 cm³/mol. The number of nitrogens with one attached hydrogen (secondary N) is 3. The number of H-pyrrole nitrogens is 1. The molecule has 1 saturated heterocycles. The van der Waals surface area contributed by atoms with Crippen LogP contribution < -0.4 is 16.4 Å². The summed E-state index contributed by atoms with van der Waals surface area (Å²) >= 11 is 0. The number of hydrogen-bond acceptors (Lipinski definition) is 8. The van der Waals surface area contributed by atoms with Crippen LogP contribution in [0.2, 0.25) is 0 Å². The molecule has 2 heterocycles. The number of amides is 3. The van der Waals surface area contributed by atoms with E-state index in [-0.39, 0.29) is 31.6 Å². The summed E-state index contributed by atoms with van der Waals surface area (Å²) in [4.78, 5) is 69.9. The zero-order valence-corrected chi connectivity index (χ0v) is 20.4. The number of rotatable bonds is 12. The molecular formula is C24H30N6O8. The zero-order chi connectivity index (χ0) is 27.8. The van der Waals surface area contributed by atoms with Crippen LogP contribution in [-0.4, -0.2) is 90.6 Å². The fourth-order valence-electron chi connectivity index (χ4n) is 4.22. The van der Waals surface area contributed by atoms with Crippen molar-refractivity contribution in [2.75, 3.05) is 6.54 Å². The van der Waals surface area contributed by atoms with Crippen molar-refractivity contribution in [3.8, 4) is 5.75 Å². The molecule has 1 aliphatic rings. The number of carboxylic acids is 2. The third-order valence-electron chi connectivity index (χ3n) is 6.15. The predicted octanol–water partition coefficient (Wildman–Crippen LogP) is -1.25. The van der Waals surface area contributed by atoms with Gasteiger partial charge in [0.15, 0.2) is 0 Å². The smallest absolute Gasteiger partial charge is 0.326 e. The van der Waals surface area contributed by atoms with Gasteiger partial charge in [-0.25, -0.2) is 9.78 Å². The number of imidazole rings is 1. The Kier molecular flexibility index (Phi) is 9.38. The summed E-state index contributed by atoms with van der Waals surface area (Å²) in [6.45, 7) is 0.113. The van der Waals surface area contributed by atoms with Crippen LogP contribution in [0.3, 0.4) is 0 Å². The summed E-state index contributed by atoms with van der Waals surface area (Å²) in [6.07, 6.45) is 2.71. The minimum Gasteiger partial charge on any atom is -0.508 e. The van der Waals surface area contributed by atoms with Crippen molar-refractivity contribution in [1.82, 2.24) is 25.5 Å². The van der Waals surface area contributed by atoms with E-state index < -0.39 is 60.2 Å². The number of aromatic hydroxyl groups is 1. The van der Waals surface area contributed by atoms with Gasteiger partial charge in [-0.05, 0) is 37.0 Å². The number of hydrogen-bond donors (Lipinski definition) is 7. The Hall–Kier alpha value is -4.46. The van der Waals surface area contributed by atoms with Crippen LogP contribution in [-0.2, 0) is 36.8 Å². The van der Waals surface area contributed by atoms with E-state index in [1.807, 2.05) is 0 Å². The highest BCUT2D eigenvalue weighted by molar-refractivity contribution is 5.96. The van der Waals surface area contributed by atoms with Gasteiger partial charge >= 0.3 is 11.9 Å². The van der Waals surface area contributed by atoms with Crippen LogP contribution in [0.15, 0.2) is 36.8 Å². The highest BCUT2D eigenvalue weighted by Crippen LogP contribution is 2.19. The van der Waals surface area contributed by atoms with E-state index >= 15 is 0 Å². The number of carboxylic acid groups (broad SMARTS) is 2. The van der Waals surface area contributed by atoms with Gasteiger partial charge in [0.2, 0.25) is 17.7 Å². The zero-order valence-electron chi connectivity index (χ0n) is 20.4. The largest absolute Gasteiger partial charge is 0.508 e. The molecule has 4 atom stereocenters. The number of aromatic amines is 1. The highest BCUT2D eigenvalue weighted by atomic mass is 16.4. The Morgan fingerprint density at radius 3 is 2.34 bits per heavy atom. The molecule has 14 heteroatoms. The van der Waals surface area contributed by atoms with Gasteiger partial charge in [-0.1, -0.05) is 12.1 Å². The second-order valence-corrected chi connectivity index (χ2v) is 9.01. The molecule has 2 aromatic rings. The molecule has 1 aromatic heterocycles. The molecular weight excluding hydrogens is 500 g/mol. The molecule has 0 saturated carbocycles. The van der Waals surface area contributed by atoms with Crippen LogP contribution in [0.1, 0.15) is 30.5 Å². The van der Waals surface area contributed by atoms with E-state index in [4.69, 9.17) is 5.73 Å². The average Bonchev–Trinajstić information content (AvgIpc) is 3.56. The van der Waals surface area contributed by atoms with Crippen LogP contribution in [0.5, 0.6) is 5.75 Å². The minimum atomic E-state index is -1.55. The molecule has 0 bridgehead atoms. The highest BCUT2D eigenvalue weighted by Gasteiger charge is 2.39. The Morgan fingerprint density at radius 1 is 1.05 bits per heavy atom. The molecule has 1 aliphatic heterocycles. The summed E-state index contributed by atoms with van der Waals surface area (Å²) in [7, 11) is 0. The number of likely N-dealkylation sites (tertiary alicyclic amines) is 1. The van der Waals surface area contributed by atoms with Gasteiger partial charge in [-0.3, -0.25) is 19.2 Å². The molecule has 1 aromatic carbocycles. The van der Waals surface area contributed by atoms with E-state index in [2.05, 4.69) is 20.6 Å². The van der Waals surface area contributed by atoms with Crippen molar-refractivity contribution in [2.24, 2.45) is 5.73 Å². The number of benzene rings is 1. The number of aliphatic carboxylic acids is 2. The molecule has 38 heavy (non-hydrogen) atoms. The molecule has 3 rings (SSSR count). The average molecular weight is 531 g/mol. The molecule has 4 unspecified atom stereocenters. The van der Waals surface area contributed by atoms with Gasteiger partial charge in [0, 0.05) is 24.9 Å². The first-order chi connectivity index (χ1) is 18.0. The summed E-state index contributed by atoms with van der Waals surface area (Å²) < 4.78 is 0. The minimum absolute atomic E-state index is 0.0529. The monoisotopic (exact) mass is 530 g/mol. The summed E-state index contributed by atoms with van der Waals surface area (Å²) in [5.74, 6) is -4.90. The van der Waals surface area contributed by atoms with E-state index in [1.54, 1.807) is 12.1 Å². The first-order valence-electron chi connectivity index (χ1n) is 11.9. The number of aromatic nitrogens is 2. The molecule has 8 N–H and O–H groups in total. The Bertz CT molecular complexity index is 1150. The number of nitrogens with zero attached hydrogens (tertiary/aromatic N) is 2. The molecule has 204 valence electrons. The van der Waals surface area contributed by atoms with Crippen molar-refractivity contribution in [2.45, 2.75) is 56.3 Å². The molecule has 3 amide bonds. The van der Waals surface area contributed by atoms with Crippen molar-refractivity contribution >= 4 is 29.7 Å². The SMILES string of the molecule is NC(Cc1ccc(O)cc1)C(=O)NC(Cc1cnc[nH]1)C(=O)NC(CC(=O)O)C(=O)N1CCCC1C(=O)O. The Balaban J connectivity index is 1.75. The second-order valence-electron chi connectivity index (χ2n) is 9.01. The van der Waals surface area contributed by atoms with E-state index in [0.717, 1.165) is 4.90 Å². The second kappa shape index (κ2) is 12.7. The fourth-order valence-corrected chi connectivity index (χ4v) is 4.22. The van der Waals surface area contributed by atoms with Gasteiger partial charge in [0.25, 0.3) is 0 Å². The topological polar surface area (TPSA) is 228 Å². The van der Waals surface area contributed by atoms with Crippen LogP contribution in [0, 0.1) is 0 Å². The van der Waals surface area contributed by atoms with Crippen LogP contribution >= 0.6 is 0 Å². The lowest BCUT2D eigenvalue weighted by Crippen LogP contribution is -2.58. The third-order valence-corrected chi connectivity index (χ3v) is 6.15. The molecule has 1 fully saturated rings. The summed E-state index contributed by atoms with van der Waals surface area (Å²) in [5, 5.41) is 33.1. The molecule has 0 aliphatic carbocycles. The molecule has 0 radical (unpaired) electrons. The number of nitrogens with two attached hydrogens (primary N) is 1. The van der Waals surface area contributed by atoms with Gasteiger partial charge in [-0.2, -0.15) is 0 Å². The quantitative estimate of drug-likeness (QED) is 0.172. The Labute approximate surface area is 217 Å². The molecule has 14 nitrogen and oxygen atoms in total. The Morgan fingerprint density at radius 2 is 1.74 bits per heavy atom. The first-order valence-corrected chi connectivity index (χ1v) is 11.9. The van der Waals surface area contributed by atoms with E-state index in [9.17, 15) is 39.3 Å². The maximum absolute atomic E-state index is 13.2. The van der Waals surface area contributed by atoms with Crippen LogP contribution in [0.25, 0.3) is 0 Å². The van der Waals surface area contributed by atoms with Crippen molar-refractivity contribution in [3.63, 3.8) is 0 Å². The van der Waals surface area contributed by atoms with Gasteiger partial charge < -0.3 is 41.6 Å². The maximum atomic E-state index is 13.2. The fraction of sp³-hybridized carbons (Fsp3) is 0.417. The lowest BCUT2D eigenvalue weighted by atomic mass is 10.0. The van der Waals surface area contributed by atoms with Gasteiger partial charge in [0.05, 0.1) is 18.8 Å². The lowest BCUT2D eigenvalue weighted by molar-refractivity contribution is -0.150. The van der Waals surface area contributed by atoms with Crippen molar-refractivity contribution in [3.05, 3.63) is 48.0 Å².